The number of Topliss-reactive ketones (excluding diaryl/α,β-unsaturated/α-hetero) is 1. The summed E-state index contributed by atoms with van der Waals surface area (Å²) in [6.45, 7) is -0.323. The number of carbonyl (C=O) groups excluding carboxylic acids is 3. The Hall–Kier alpha value is -3.13. The van der Waals surface area contributed by atoms with E-state index in [0.29, 0.717) is 24.1 Å². The molecule has 0 bridgehead atoms. The molecule has 3 aromatic rings. The highest BCUT2D eigenvalue weighted by Crippen LogP contribution is 2.33. The second kappa shape index (κ2) is 10.3. The highest BCUT2D eigenvalue weighted by atomic mass is 79.9. The number of hydrogen-bond acceptors (Lipinski definition) is 5. The molecule has 0 fully saturated rings. The molecule has 0 unspecified atom stereocenters. The molecule has 1 aromatic carbocycles. The molecule has 0 atom stereocenters. The van der Waals surface area contributed by atoms with Gasteiger partial charge in [-0.15, -0.1) is 0 Å². The first-order chi connectivity index (χ1) is 15.0. The van der Waals surface area contributed by atoms with Gasteiger partial charge in [-0.1, -0.05) is 46.3 Å². The van der Waals surface area contributed by atoms with Crippen molar-refractivity contribution < 1.29 is 23.9 Å². The van der Waals surface area contributed by atoms with Gasteiger partial charge in [0.2, 0.25) is 0 Å². The molecule has 0 aliphatic heterocycles. The number of esters is 1. The third kappa shape index (κ3) is 4.96. The maximum atomic E-state index is 12.9. The maximum absolute atomic E-state index is 12.9. The Morgan fingerprint density at radius 3 is 2.48 bits per heavy atom. The van der Waals surface area contributed by atoms with E-state index in [0.717, 1.165) is 28.6 Å². The van der Waals surface area contributed by atoms with Crippen molar-refractivity contribution in [3.05, 3.63) is 71.0 Å². The Bertz CT molecular complexity index is 1110. The van der Waals surface area contributed by atoms with Crippen LogP contribution in [-0.2, 0) is 27.2 Å². The van der Waals surface area contributed by atoms with E-state index in [9.17, 15) is 14.4 Å². The number of ether oxygens (including phenoxy) is 2. The fourth-order valence-corrected chi connectivity index (χ4v) is 3.84. The third-order valence-electron chi connectivity index (χ3n) is 4.93. The largest absolute Gasteiger partial charge is 0.480 e. The van der Waals surface area contributed by atoms with Crippen molar-refractivity contribution in [3.8, 4) is 5.75 Å². The number of ketones is 1. The van der Waals surface area contributed by atoms with Crippen LogP contribution in [0.25, 0.3) is 5.52 Å². The minimum Gasteiger partial charge on any atom is -0.480 e. The molecule has 2 N–H and O–H groups in total. The van der Waals surface area contributed by atoms with E-state index in [1.54, 1.807) is 12.1 Å². The van der Waals surface area contributed by atoms with Gasteiger partial charge in [0, 0.05) is 23.6 Å². The number of carbonyl (C=O) groups is 3. The van der Waals surface area contributed by atoms with Gasteiger partial charge in [-0.3, -0.25) is 9.59 Å². The fraction of sp³-hybridized carbons (Fsp3) is 0.261. The fourth-order valence-electron chi connectivity index (χ4n) is 3.56. The normalized spacial score (nSPS) is 10.8. The number of nitrogens with two attached hydrogens (primary N) is 1. The lowest BCUT2D eigenvalue weighted by Gasteiger charge is -2.09. The molecule has 2 aromatic heterocycles. The second-order valence-corrected chi connectivity index (χ2v) is 7.70. The molecule has 31 heavy (non-hydrogen) atoms. The molecular formula is C23H23BrN2O5. The van der Waals surface area contributed by atoms with Crippen LogP contribution in [-0.4, -0.2) is 41.1 Å². The average Bonchev–Trinajstić information content (AvgIpc) is 3.09. The van der Waals surface area contributed by atoms with E-state index >= 15 is 0 Å². The van der Waals surface area contributed by atoms with Crippen molar-refractivity contribution in [2.75, 3.05) is 19.0 Å². The van der Waals surface area contributed by atoms with Gasteiger partial charge in [0.15, 0.2) is 6.61 Å². The number of methoxy groups -OCH3 is 1. The van der Waals surface area contributed by atoms with Crippen LogP contribution < -0.4 is 10.5 Å². The first-order valence-corrected chi connectivity index (χ1v) is 10.9. The van der Waals surface area contributed by atoms with E-state index in [-0.39, 0.29) is 12.2 Å². The van der Waals surface area contributed by atoms with Crippen LogP contribution in [0.1, 0.15) is 33.6 Å². The number of halogens is 1. The molecule has 0 aliphatic carbocycles. The summed E-state index contributed by atoms with van der Waals surface area (Å²) in [5, 5.41) is 0.736. The van der Waals surface area contributed by atoms with Gasteiger partial charge >= 0.3 is 5.97 Å². The smallest absolute Gasteiger partial charge is 0.343 e. The molecule has 0 radical (unpaired) electrons. The zero-order valence-corrected chi connectivity index (χ0v) is 18.7. The monoisotopic (exact) mass is 486 g/mol. The highest BCUT2D eigenvalue weighted by Gasteiger charge is 2.28. The number of benzene rings is 1. The maximum Gasteiger partial charge on any atom is 0.343 e. The standard InChI is InChI=1S/C23H23BrN2O5/c1-30-19(27)14-31-18-10-6-12-26-17(13-15-7-3-2-4-8-15)16(9-5-11-24)20(21(18)26)22(28)23(25)29/h2-4,6-8,10,12H,5,9,11,13-14H2,1H3,(H2,25,29). The zero-order valence-electron chi connectivity index (χ0n) is 17.1. The number of fused-ring (bicyclic) bond motifs is 1. The number of nitrogens with zero attached hydrogens (tertiary/aromatic N) is 1. The molecule has 0 saturated carbocycles. The number of amides is 1. The highest BCUT2D eigenvalue weighted by molar-refractivity contribution is 9.09. The number of hydrogen-bond donors (Lipinski definition) is 1. The molecule has 0 saturated heterocycles. The number of alkyl halides is 1. The molecule has 7 nitrogen and oxygen atoms in total. The van der Waals surface area contributed by atoms with Crippen molar-refractivity contribution in [2.24, 2.45) is 5.73 Å². The van der Waals surface area contributed by atoms with Gasteiger partial charge in [0.05, 0.1) is 18.2 Å². The van der Waals surface area contributed by atoms with Crippen LogP contribution in [0.15, 0.2) is 48.7 Å². The molecule has 0 aliphatic rings. The first-order valence-electron chi connectivity index (χ1n) is 9.76. The Morgan fingerprint density at radius 1 is 1.10 bits per heavy atom. The lowest BCUT2D eigenvalue weighted by molar-refractivity contribution is -0.142. The average molecular weight is 487 g/mol. The summed E-state index contributed by atoms with van der Waals surface area (Å²) in [6.07, 6.45) is 3.69. The van der Waals surface area contributed by atoms with Crippen LogP contribution >= 0.6 is 15.9 Å². The van der Waals surface area contributed by atoms with Crippen LogP contribution in [0.5, 0.6) is 5.75 Å². The van der Waals surface area contributed by atoms with Gasteiger partial charge in [-0.25, -0.2) is 4.79 Å². The van der Waals surface area contributed by atoms with Gasteiger partial charge in [0.1, 0.15) is 5.75 Å². The summed E-state index contributed by atoms with van der Waals surface area (Å²) >= 11 is 3.44. The number of primary amides is 1. The topological polar surface area (TPSA) is 100 Å². The minimum absolute atomic E-state index is 0.222. The van der Waals surface area contributed by atoms with Gasteiger partial charge in [-0.2, -0.15) is 0 Å². The van der Waals surface area contributed by atoms with Crippen LogP contribution in [0.2, 0.25) is 0 Å². The summed E-state index contributed by atoms with van der Waals surface area (Å²) in [6, 6.07) is 13.2. The van der Waals surface area contributed by atoms with E-state index in [4.69, 9.17) is 10.5 Å². The Morgan fingerprint density at radius 2 is 1.84 bits per heavy atom. The van der Waals surface area contributed by atoms with Crippen LogP contribution in [0, 0.1) is 0 Å². The zero-order chi connectivity index (χ0) is 22.4. The lowest BCUT2D eigenvalue weighted by atomic mass is 9.97. The van der Waals surface area contributed by atoms with Crippen molar-refractivity contribution in [1.82, 2.24) is 4.40 Å². The lowest BCUT2D eigenvalue weighted by Crippen LogP contribution is -2.24. The van der Waals surface area contributed by atoms with Crippen molar-refractivity contribution in [2.45, 2.75) is 19.3 Å². The first kappa shape index (κ1) is 22.6. The quantitative estimate of drug-likeness (QED) is 0.205. The van der Waals surface area contributed by atoms with E-state index in [1.807, 2.05) is 40.9 Å². The van der Waals surface area contributed by atoms with Crippen molar-refractivity contribution >= 4 is 39.1 Å². The molecular weight excluding hydrogens is 464 g/mol. The second-order valence-electron chi connectivity index (χ2n) is 6.90. The number of aromatic nitrogens is 1. The van der Waals surface area contributed by atoms with Crippen molar-refractivity contribution in [1.29, 1.82) is 0 Å². The molecule has 162 valence electrons. The summed E-state index contributed by atoms with van der Waals surface area (Å²) in [7, 11) is 1.27. The van der Waals surface area contributed by atoms with Gasteiger partial charge in [-0.05, 0) is 36.1 Å². The van der Waals surface area contributed by atoms with Crippen LogP contribution in [0.4, 0.5) is 0 Å². The van der Waals surface area contributed by atoms with Gasteiger partial charge in [0.25, 0.3) is 11.7 Å². The van der Waals surface area contributed by atoms with E-state index in [2.05, 4.69) is 20.7 Å². The molecule has 3 rings (SSSR count). The Kier molecular flexibility index (Phi) is 7.46. The molecule has 0 spiro atoms. The summed E-state index contributed by atoms with van der Waals surface area (Å²) < 4.78 is 12.1. The third-order valence-corrected chi connectivity index (χ3v) is 5.49. The predicted molar refractivity (Wildman–Crippen MR) is 120 cm³/mol. The Labute approximate surface area is 188 Å². The summed E-state index contributed by atoms with van der Waals surface area (Å²) in [4.78, 5) is 36.4. The predicted octanol–water partition coefficient (Wildman–Crippen LogP) is 3.08. The summed E-state index contributed by atoms with van der Waals surface area (Å²) in [5.74, 6) is -2.07. The minimum atomic E-state index is -1.04. The number of rotatable bonds is 10. The molecule has 2 heterocycles. The van der Waals surface area contributed by atoms with E-state index < -0.39 is 17.7 Å². The number of pyridine rings is 1. The molecule has 1 amide bonds. The SMILES string of the molecule is COC(=O)COc1cccn2c(Cc3ccccc3)c(CCCBr)c(C(=O)C(N)=O)c12. The van der Waals surface area contributed by atoms with Gasteiger partial charge < -0.3 is 19.6 Å². The van der Waals surface area contributed by atoms with Crippen molar-refractivity contribution in [3.63, 3.8) is 0 Å². The Balaban J connectivity index is 2.25. The van der Waals surface area contributed by atoms with E-state index in [1.165, 1.54) is 7.11 Å². The summed E-state index contributed by atoms with van der Waals surface area (Å²) in [5.41, 5.74) is 8.71. The van der Waals surface area contributed by atoms with Crippen LogP contribution in [0.3, 0.4) is 0 Å². The molecule has 8 heteroatoms.